The molecule has 0 amide bonds. The molecular formula is C13H13ClN4. The van der Waals surface area contributed by atoms with E-state index in [0.29, 0.717) is 11.2 Å². The highest BCUT2D eigenvalue weighted by atomic mass is 35.5. The summed E-state index contributed by atoms with van der Waals surface area (Å²) in [4.78, 5) is 10.3. The van der Waals surface area contributed by atoms with Gasteiger partial charge in [0.2, 0.25) is 5.95 Å². The van der Waals surface area contributed by atoms with E-state index in [2.05, 4.69) is 27.0 Å². The van der Waals surface area contributed by atoms with Gasteiger partial charge in [-0.25, -0.2) is 4.98 Å². The van der Waals surface area contributed by atoms with E-state index in [4.69, 9.17) is 17.3 Å². The summed E-state index contributed by atoms with van der Waals surface area (Å²) in [7, 11) is 0. The predicted octanol–water partition coefficient (Wildman–Crippen LogP) is 2.66. The maximum absolute atomic E-state index is 5.91. The molecule has 0 radical (unpaired) electrons. The van der Waals surface area contributed by atoms with E-state index in [1.165, 1.54) is 5.56 Å². The van der Waals surface area contributed by atoms with Crippen molar-refractivity contribution in [2.75, 3.05) is 17.2 Å². The molecule has 1 fully saturated rings. The van der Waals surface area contributed by atoms with Crippen LogP contribution in [0.4, 0.5) is 11.8 Å². The van der Waals surface area contributed by atoms with Gasteiger partial charge in [0.15, 0.2) is 0 Å². The molecule has 0 spiro atoms. The monoisotopic (exact) mass is 260 g/mol. The highest BCUT2D eigenvalue weighted by Gasteiger charge is 2.30. The zero-order valence-corrected chi connectivity index (χ0v) is 10.5. The Bertz CT molecular complexity index is 538. The average molecular weight is 261 g/mol. The molecule has 1 aromatic heterocycles. The highest BCUT2D eigenvalue weighted by Crippen LogP contribution is 2.37. The number of rotatable bonds is 2. The van der Waals surface area contributed by atoms with Crippen molar-refractivity contribution < 1.29 is 0 Å². The lowest BCUT2D eigenvalue weighted by molar-refractivity contribution is 0.461. The van der Waals surface area contributed by atoms with Gasteiger partial charge in [-0.15, -0.1) is 0 Å². The fraction of sp³-hybridized carbons (Fsp3) is 0.231. The predicted molar refractivity (Wildman–Crippen MR) is 72.6 cm³/mol. The maximum atomic E-state index is 5.91. The van der Waals surface area contributed by atoms with Gasteiger partial charge in [-0.2, -0.15) is 4.98 Å². The number of nitrogens with zero attached hydrogens (tertiary/aromatic N) is 3. The van der Waals surface area contributed by atoms with Crippen LogP contribution in [0.15, 0.2) is 36.4 Å². The van der Waals surface area contributed by atoms with Crippen molar-refractivity contribution in [1.82, 2.24) is 9.97 Å². The van der Waals surface area contributed by atoms with Gasteiger partial charge in [0, 0.05) is 12.6 Å². The van der Waals surface area contributed by atoms with Gasteiger partial charge in [0.1, 0.15) is 11.0 Å². The number of anilines is 2. The Kier molecular flexibility index (Phi) is 2.80. The van der Waals surface area contributed by atoms with Crippen molar-refractivity contribution in [1.29, 1.82) is 0 Å². The Morgan fingerprint density at radius 2 is 2.00 bits per heavy atom. The van der Waals surface area contributed by atoms with Crippen molar-refractivity contribution in [2.24, 2.45) is 0 Å². The first kappa shape index (κ1) is 11.3. The van der Waals surface area contributed by atoms with Crippen molar-refractivity contribution in [3.63, 3.8) is 0 Å². The standard InChI is InChI=1S/C13H13ClN4/c14-11-8-12(17-13(15)16-11)18-7-6-10(18)9-4-2-1-3-5-9/h1-5,8,10H,6-7H2,(H2,15,16,17)/t10-/m0/s1. The highest BCUT2D eigenvalue weighted by molar-refractivity contribution is 6.29. The van der Waals surface area contributed by atoms with Gasteiger partial charge in [-0.05, 0) is 12.0 Å². The molecule has 0 aliphatic carbocycles. The molecule has 3 rings (SSSR count). The third-order valence-electron chi connectivity index (χ3n) is 3.20. The Morgan fingerprint density at radius 3 is 2.61 bits per heavy atom. The van der Waals surface area contributed by atoms with Crippen LogP contribution in [0.25, 0.3) is 0 Å². The molecule has 0 saturated carbocycles. The van der Waals surface area contributed by atoms with Crippen molar-refractivity contribution in [3.05, 3.63) is 47.1 Å². The van der Waals surface area contributed by atoms with E-state index in [1.807, 2.05) is 18.2 Å². The summed E-state index contributed by atoms with van der Waals surface area (Å²) in [5, 5.41) is 0.385. The van der Waals surface area contributed by atoms with Gasteiger partial charge >= 0.3 is 0 Å². The van der Waals surface area contributed by atoms with Crippen LogP contribution in [0.5, 0.6) is 0 Å². The second-order valence-corrected chi connectivity index (χ2v) is 4.70. The zero-order valence-electron chi connectivity index (χ0n) is 9.75. The topological polar surface area (TPSA) is 55.0 Å². The molecule has 1 atom stereocenters. The largest absolute Gasteiger partial charge is 0.368 e. The summed E-state index contributed by atoms with van der Waals surface area (Å²) < 4.78 is 0. The first-order valence-electron chi connectivity index (χ1n) is 5.86. The average Bonchev–Trinajstić information content (AvgIpc) is 2.27. The minimum absolute atomic E-state index is 0.219. The summed E-state index contributed by atoms with van der Waals surface area (Å²) in [6.07, 6.45) is 1.12. The van der Waals surface area contributed by atoms with Gasteiger partial charge in [-0.1, -0.05) is 41.9 Å². The van der Waals surface area contributed by atoms with Gasteiger partial charge in [-0.3, -0.25) is 0 Å². The lowest BCUT2D eigenvalue weighted by atomic mass is 9.95. The maximum Gasteiger partial charge on any atom is 0.223 e. The van der Waals surface area contributed by atoms with Crippen LogP contribution in [0.2, 0.25) is 5.15 Å². The SMILES string of the molecule is Nc1nc(Cl)cc(N2CC[C@H]2c2ccccc2)n1. The quantitative estimate of drug-likeness (QED) is 0.844. The molecule has 2 aromatic rings. The number of halogens is 1. The Labute approximate surface area is 110 Å². The molecule has 2 N–H and O–H groups in total. The van der Waals surface area contributed by atoms with E-state index >= 15 is 0 Å². The molecule has 0 unspecified atom stereocenters. The number of hydrogen-bond donors (Lipinski definition) is 1. The molecule has 92 valence electrons. The number of nitrogens with two attached hydrogens (primary N) is 1. The lowest BCUT2D eigenvalue weighted by Gasteiger charge is -2.42. The van der Waals surface area contributed by atoms with Gasteiger partial charge in [0.05, 0.1) is 6.04 Å². The molecule has 1 aliphatic heterocycles. The van der Waals surface area contributed by atoms with Crippen LogP contribution in [0.1, 0.15) is 18.0 Å². The Morgan fingerprint density at radius 1 is 1.22 bits per heavy atom. The van der Waals surface area contributed by atoms with Crippen LogP contribution in [-0.2, 0) is 0 Å². The van der Waals surface area contributed by atoms with E-state index in [1.54, 1.807) is 6.07 Å². The molecule has 5 heteroatoms. The molecule has 1 aromatic carbocycles. The van der Waals surface area contributed by atoms with Gasteiger partial charge < -0.3 is 10.6 Å². The van der Waals surface area contributed by atoms with Gasteiger partial charge in [0.25, 0.3) is 0 Å². The lowest BCUT2D eigenvalue weighted by Crippen LogP contribution is -2.41. The second-order valence-electron chi connectivity index (χ2n) is 4.32. The fourth-order valence-corrected chi connectivity index (χ4v) is 2.44. The van der Waals surface area contributed by atoms with E-state index in [0.717, 1.165) is 18.8 Å². The third kappa shape index (κ3) is 1.99. The van der Waals surface area contributed by atoms with Crippen LogP contribution in [0, 0.1) is 0 Å². The molecule has 1 aliphatic rings. The molecule has 1 saturated heterocycles. The smallest absolute Gasteiger partial charge is 0.223 e. The molecular weight excluding hydrogens is 248 g/mol. The summed E-state index contributed by atoms with van der Waals surface area (Å²) in [6, 6.07) is 12.5. The van der Waals surface area contributed by atoms with E-state index in [9.17, 15) is 0 Å². The number of hydrogen-bond acceptors (Lipinski definition) is 4. The minimum atomic E-state index is 0.219. The molecule has 2 heterocycles. The molecule has 0 bridgehead atoms. The first-order chi connectivity index (χ1) is 8.74. The molecule has 18 heavy (non-hydrogen) atoms. The van der Waals surface area contributed by atoms with E-state index < -0.39 is 0 Å². The van der Waals surface area contributed by atoms with E-state index in [-0.39, 0.29) is 5.95 Å². The fourth-order valence-electron chi connectivity index (χ4n) is 2.25. The number of aromatic nitrogens is 2. The minimum Gasteiger partial charge on any atom is -0.368 e. The normalized spacial score (nSPS) is 18.5. The van der Waals surface area contributed by atoms with Crippen LogP contribution in [-0.4, -0.2) is 16.5 Å². The number of nitrogen functional groups attached to an aromatic ring is 1. The summed E-state index contributed by atoms with van der Waals surface area (Å²) in [5.74, 6) is 1.02. The van der Waals surface area contributed by atoms with Crippen LogP contribution >= 0.6 is 11.6 Å². The summed E-state index contributed by atoms with van der Waals surface area (Å²) in [5.41, 5.74) is 6.92. The Balaban J connectivity index is 1.89. The zero-order chi connectivity index (χ0) is 12.5. The Hall–Kier alpha value is -1.81. The van der Waals surface area contributed by atoms with Crippen molar-refractivity contribution >= 4 is 23.4 Å². The van der Waals surface area contributed by atoms with Crippen LogP contribution in [0.3, 0.4) is 0 Å². The van der Waals surface area contributed by atoms with Crippen LogP contribution < -0.4 is 10.6 Å². The first-order valence-corrected chi connectivity index (χ1v) is 6.23. The van der Waals surface area contributed by atoms with Crippen molar-refractivity contribution in [3.8, 4) is 0 Å². The van der Waals surface area contributed by atoms with Crippen molar-refractivity contribution in [2.45, 2.75) is 12.5 Å². The second kappa shape index (κ2) is 4.46. The third-order valence-corrected chi connectivity index (χ3v) is 3.39. The summed E-state index contributed by atoms with van der Waals surface area (Å²) >= 11 is 5.91. The molecule has 4 nitrogen and oxygen atoms in total. The summed E-state index contributed by atoms with van der Waals surface area (Å²) in [6.45, 7) is 0.965. The number of benzene rings is 1.